The first-order chi connectivity index (χ1) is 8.95. The zero-order valence-electron chi connectivity index (χ0n) is 10.2. The highest BCUT2D eigenvalue weighted by Crippen LogP contribution is 2.33. The molecule has 2 rings (SSSR count). The van der Waals surface area contributed by atoms with E-state index in [0.717, 1.165) is 14.9 Å². The summed E-state index contributed by atoms with van der Waals surface area (Å²) in [7, 11) is 0. The summed E-state index contributed by atoms with van der Waals surface area (Å²) in [4.78, 5) is 9.08. The minimum absolute atomic E-state index is 0.325. The first-order valence-corrected chi connectivity index (χ1v) is 7.12. The predicted octanol–water partition coefficient (Wildman–Crippen LogP) is 2.61. The minimum atomic E-state index is -0.585. The van der Waals surface area contributed by atoms with Gasteiger partial charge in [-0.05, 0) is 42.4 Å². The molecule has 19 heavy (non-hydrogen) atoms. The second-order valence-corrected chi connectivity index (χ2v) is 5.89. The topological polar surface area (TPSA) is 98.0 Å². The average Bonchev–Trinajstić information content (AvgIpc) is 2.30. The minimum Gasteiger partial charge on any atom is -0.389 e. The Bertz CT molecular complexity index is 586. The van der Waals surface area contributed by atoms with Crippen molar-refractivity contribution in [2.45, 2.75) is 23.1 Å². The van der Waals surface area contributed by atoms with Crippen molar-refractivity contribution in [3.63, 3.8) is 0 Å². The van der Waals surface area contributed by atoms with Crippen molar-refractivity contribution in [2.24, 2.45) is 0 Å². The molecule has 100 valence electrons. The fourth-order valence-corrected chi connectivity index (χ4v) is 2.91. The van der Waals surface area contributed by atoms with E-state index in [1.807, 2.05) is 18.2 Å². The van der Waals surface area contributed by atoms with Crippen molar-refractivity contribution < 1.29 is 5.11 Å². The molecule has 7 heteroatoms. The lowest BCUT2D eigenvalue weighted by molar-refractivity contribution is 0.196. The van der Waals surface area contributed by atoms with Crippen LogP contribution in [0.25, 0.3) is 0 Å². The summed E-state index contributed by atoms with van der Waals surface area (Å²) in [5, 5.41) is 10.3. The van der Waals surface area contributed by atoms with Crippen LogP contribution in [0.4, 0.5) is 11.6 Å². The van der Waals surface area contributed by atoms with Gasteiger partial charge in [-0.1, -0.05) is 15.9 Å². The Morgan fingerprint density at radius 2 is 1.84 bits per heavy atom. The van der Waals surface area contributed by atoms with Crippen LogP contribution in [0.1, 0.15) is 18.6 Å². The van der Waals surface area contributed by atoms with Gasteiger partial charge in [0, 0.05) is 15.4 Å². The maximum absolute atomic E-state index is 9.79. The molecule has 0 saturated carbocycles. The highest BCUT2D eigenvalue weighted by atomic mass is 79.9. The lowest BCUT2D eigenvalue weighted by atomic mass is 10.1. The van der Waals surface area contributed by atoms with Gasteiger partial charge in [0.2, 0.25) is 0 Å². The van der Waals surface area contributed by atoms with Gasteiger partial charge in [-0.3, -0.25) is 0 Å². The van der Waals surface area contributed by atoms with E-state index in [0.29, 0.717) is 16.8 Å². The second-order valence-electron chi connectivity index (χ2n) is 3.96. The van der Waals surface area contributed by atoms with Gasteiger partial charge in [0.1, 0.15) is 11.6 Å². The number of aliphatic hydroxyl groups excluding tert-OH is 1. The Kier molecular flexibility index (Phi) is 4.28. The summed E-state index contributed by atoms with van der Waals surface area (Å²) in [5.74, 6) is 0.649. The summed E-state index contributed by atoms with van der Waals surface area (Å²) in [6.07, 6.45) is -0.585. The summed E-state index contributed by atoms with van der Waals surface area (Å²) >= 11 is 4.70. The molecule has 0 aliphatic rings. The van der Waals surface area contributed by atoms with Crippen LogP contribution >= 0.6 is 27.7 Å². The first kappa shape index (κ1) is 14.1. The van der Waals surface area contributed by atoms with Crippen molar-refractivity contribution in [1.82, 2.24) is 9.97 Å². The van der Waals surface area contributed by atoms with E-state index >= 15 is 0 Å². The molecule has 0 saturated heterocycles. The van der Waals surface area contributed by atoms with Crippen molar-refractivity contribution in [1.29, 1.82) is 0 Å². The van der Waals surface area contributed by atoms with Crippen LogP contribution in [0.2, 0.25) is 0 Å². The zero-order chi connectivity index (χ0) is 14.0. The molecule has 1 aromatic heterocycles. The molecule has 0 radical (unpaired) electrons. The molecule has 1 heterocycles. The fraction of sp³-hybridized carbons (Fsp3) is 0.167. The largest absolute Gasteiger partial charge is 0.389 e. The molecule has 0 aliphatic carbocycles. The van der Waals surface area contributed by atoms with E-state index < -0.39 is 6.10 Å². The molecule has 5 nitrogen and oxygen atoms in total. The number of rotatable bonds is 3. The van der Waals surface area contributed by atoms with Crippen molar-refractivity contribution in [2.75, 3.05) is 11.5 Å². The van der Waals surface area contributed by atoms with Gasteiger partial charge < -0.3 is 16.6 Å². The Morgan fingerprint density at radius 1 is 1.21 bits per heavy atom. The van der Waals surface area contributed by atoms with Crippen LogP contribution in [0.5, 0.6) is 0 Å². The fourth-order valence-electron chi connectivity index (χ4n) is 1.54. The SMILES string of the molecule is CC(O)c1cc(Br)ccc1Sc1nc(N)cc(N)n1. The van der Waals surface area contributed by atoms with Gasteiger partial charge in [0.05, 0.1) is 6.10 Å². The van der Waals surface area contributed by atoms with E-state index in [-0.39, 0.29) is 0 Å². The number of benzene rings is 1. The summed E-state index contributed by atoms with van der Waals surface area (Å²) in [6, 6.07) is 7.15. The molecule has 2 aromatic rings. The molecule has 0 fully saturated rings. The molecule has 1 unspecified atom stereocenters. The molecular weight excluding hydrogens is 328 g/mol. The van der Waals surface area contributed by atoms with Gasteiger partial charge in [0.25, 0.3) is 0 Å². The standard InChI is InChI=1S/C12H13BrN4OS/c1-6(18)8-4-7(13)2-3-9(8)19-12-16-10(14)5-11(15)17-12/h2-6,18H,1H3,(H4,14,15,16,17). The Hall–Kier alpha value is -1.31. The Morgan fingerprint density at radius 3 is 2.42 bits per heavy atom. The van der Waals surface area contributed by atoms with Crippen molar-refractivity contribution >= 4 is 39.3 Å². The van der Waals surface area contributed by atoms with Crippen molar-refractivity contribution in [3.05, 3.63) is 34.3 Å². The first-order valence-electron chi connectivity index (χ1n) is 5.51. The van der Waals surface area contributed by atoms with Crippen molar-refractivity contribution in [3.8, 4) is 0 Å². The molecule has 0 aliphatic heterocycles. The highest BCUT2D eigenvalue weighted by Gasteiger charge is 2.12. The molecular formula is C12H13BrN4OS. The monoisotopic (exact) mass is 340 g/mol. The number of aliphatic hydroxyl groups is 1. The quantitative estimate of drug-likeness (QED) is 0.743. The third-order valence-corrected chi connectivity index (χ3v) is 3.82. The highest BCUT2D eigenvalue weighted by molar-refractivity contribution is 9.10. The maximum Gasteiger partial charge on any atom is 0.196 e. The predicted molar refractivity (Wildman–Crippen MR) is 79.8 cm³/mol. The number of halogens is 1. The summed E-state index contributed by atoms with van der Waals surface area (Å²) in [6.45, 7) is 1.71. The molecule has 1 atom stereocenters. The van der Waals surface area contributed by atoms with Gasteiger partial charge in [-0.25, -0.2) is 9.97 Å². The molecule has 0 spiro atoms. The zero-order valence-corrected chi connectivity index (χ0v) is 12.6. The lowest BCUT2D eigenvalue weighted by Gasteiger charge is -2.11. The lowest BCUT2D eigenvalue weighted by Crippen LogP contribution is -2.00. The number of nitrogens with zero attached hydrogens (tertiary/aromatic N) is 2. The van der Waals surface area contributed by atoms with E-state index in [1.54, 1.807) is 6.92 Å². The third kappa shape index (κ3) is 3.59. The number of hydrogen-bond donors (Lipinski definition) is 3. The Balaban J connectivity index is 2.37. The van der Waals surface area contributed by atoms with Crippen LogP contribution in [-0.2, 0) is 0 Å². The van der Waals surface area contributed by atoms with E-state index in [9.17, 15) is 5.11 Å². The number of aromatic nitrogens is 2. The average molecular weight is 341 g/mol. The van der Waals surface area contributed by atoms with Crippen LogP contribution in [0.3, 0.4) is 0 Å². The smallest absolute Gasteiger partial charge is 0.196 e. The van der Waals surface area contributed by atoms with Crippen LogP contribution in [-0.4, -0.2) is 15.1 Å². The number of hydrogen-bond acceptors (Lipinski definition) is 6. The summed E-state index contributed by atoms with van der Waals surface area (Å²) < 4.78 is 0.903. The Labute approximate surface area is 123 Å². The molecule has 0 amide bonds. The van der Waals surface area contributed by atoms with Gasteiger partial charge in [-0.2, -0.15) is 0 Å². The number of anilines is 2. The number of nitrogen functional groups attached to an aromatic ring is 2. The van der Waals surface area contributed by atoms with E-state index in [2.05, 4.69) is 25.9 Å². The normalized spacial score (nSPS) is 12.4. The summed E-state index contributed by atoms with van der Waals surface area (Å²) in [5.41, 5.74) is 12.1. The third-order valence-electron chi connectivity index (χ3n) is 2.37. The van der Waals surface area contributed by atoms with Gasteiger partial charge >= 0.3 is 0 Å². The van der Waals surface area contributed by atoms with Crippen LogP contribution in [0, 0.1) is 0 Å². The number of nitrogens with two attached hydrogens (primary N) is 2. The molecule has 1 aromatic carbocycles. The van der Waals surface area contributed by atoms with E-state index in [1.165, 1.54) is 17.8 Å². The molecule has 5 N–H and O–H groups in total. The maximum atomic E-state index is 9.79. The van der Waals surface area contributed by atoms with Crippen LogP contribution in [0.15, 0.2) is 38.8 Å². The van der Waals surface area contributed by atoms with E-state index in [4.69, 9.17) is 11.5 Å². The second kappa shape index (κ2) is 5.77. The van der Waals surface area contributed by atoms with Gasteiger partial charge in [-0.15, -0.1) is 0 Å². The molecule has 0 bridgehead atoms. The van der Waals surface area contributed by atoms with Gasteiger partial charge in [0.15, 0.2) is 5.16 Å². The van der Waals surface area contributed by atoms with Crippen LogP contribution < -0.4 is 11.5 Å².